The molecule has 10 nitrogen and oxygen atoms in total. The Morgan fingerprint density at radius 1 is 1.28 bits per heavy atom. The standard InChI is InChI=1S/C14H20NO9P/c1-23-11-6-8(2-3-10(11)24-7-12(16)17)14(20)25(21,22)5-4-9(15)13(18)19/h2-3,6,9,14,20H,4-5,7,15H2,1H3,(H,16,17)(H,18,19)(H,21,22)/t9-,14?/m1/s1. The molecule has 3 atom stereocenters. The van der Waals surface area contributed by atoms with Crippen molar-refractivity contribution in [1.82, 2.24) is 0 Å². The average Bonchev–Trinajstić information content (AvgIpc) is 2.56. The summed E-state index contributed by atoms with van der Waals surface area (Å²) >= 11 is 0. The van der Waals surface area contributed by atoms with E-state index in [1.165, 1.54) is 25.3 Å². The lowest BCUT2D eigenvalue weighted by Gasteiger charge is -2.20. The van der Waals surface area contributed by atoms with Crippen LogP contribution in [-0.2, 0) is 14.2 Å². The summed E-state index contributed by atoms with van der Waals surface area (Å²) in [7, 11) is -2.87. The maximum Gasteiger partial charge on any atom is 0.341 e. The summed E-state index contributed by atoms with van der Waals surface area (Å²) in [4.78, 5) is 31.2. The van der Waals surface area contributed by atoms with Gasteiger partial charge in [-0.15, -0.1) is 0 Å². The van der Waals surface area contributed by atoms with E-state index in [9.17, 15) is 24.2 Å². The Morgan fingerprint density at radius 2 is 1.92 bits per heavy atom. The molecule has 0 aromatic heterocycles. The fourth-order valence-corrected chi connectivity index (χ4v) is 3.43. The number of ether oxygens (including phenoxy) is 2. The minimum Gasteiger partial charge on any atom is -0.493 e. The van der Waals surface area contributed by atoms with E-state index in [-0.39, 0.29) is 23.5 Å². The van der Waals surface area contributed by atoms with Crippen molar-refractivity contribution in [2.24, 2.45) is 5.73 Å². The molecule has 6 N–H and O–H groups in total. The number of carboxylic acid groups (broad SMARTS) is 2. The van der Waals surface area contributed by atoms with Crippen LogP contribution in [0.1, 0.15) is 17.8 Å². The molecule has 0 saturated carbocycles. The normalized spacial score (nSPS) is 15.7. The first-order valence-electron chi connectivity index (χ1n) is 7.09. The number of benzene rings is 1. The van der Waals surface area contributed by atoms with Gasteiger partial charge in [0.05, 0.1) is 7.11 Å². The number of methoxy groups -OCH3 is 1. The highest BCUT2D eigenvalue weighted by Crippen LogP contribution is 2.55. The Hall–Kier alpha value is -2.13. The van der Waals surface area contributed by atoms with Crippen molar-refractivity contribution in [1.29, 1.82) is 0 Å². The van der Waals surface area contributed by atoms with Crippen LogP contribution in [0.5, 0.6) is 11.5 Å². The molecule has 2 unspecified atom stereocenters. The lowest BCUT2D eigenvalue weighted by molar-refractivity contribution is -0.139. The van der Waals surface area contributed by atoms with E-state index in [1.54, 1.807) is 0 Å². The molecule has 0 amide bonds. The molecule has 1 aromatic carbocycles. The van der Waals surface area contributed by atoms with Gasteiger partial charge < -0.3 is 35.4 Å². The van der Waals surface area contributed by atoms with E-state index in [2.05, 4.69) is 0 Å². The lowest BCUT2D eigenvalue weighted by Crippen LogP contribution is -2.31. The van der Waals surface area contributed by atoms with Gasteiger partial charge in [0.2, 0.25) is 7.37 Å². The predicted octanol–water partition coefficient (Wildman–Crippen LogP) is 0.222. The van der Waals surface area contributed by atoms with Gasteiger partial charge in [0.25, 0.3) is 0 Å². The number of aliphatic carboxylic acids is 2. The second kappa shape index (κ2) is 8.82. The molecule has 0 heterocycles. The van der Waals surface area contributed by atoms with Gasteiger partial charge in [-0.3, -0.25) is 9.36 Å². The molecular formula is C14H20NO9P. The first kappa shape index (κ1) is 20.9. The molecule has 1 aromatic rings. The Kier molecular flexibility index (Phi) is 7.38. The summed E-state index contributed by atoms with van der Waals surface area (Å²) < 4.78 is 22.3. The van der Waals surface area contributed by atoms with Crippen LogP contribution in [0, 0.1) is 0 Å². The fraction of sp³-hybridized carbons (Fsp3) is 0.429. The molecule has 0 aliphatic carbocycles. The van der Waals surface area contributed by atoms with Gasteiger partial charge >= 0.3 is 11.9 Å². The van der Waals surface area contributed by atoms with Crippen molar-refractivity contribution in [3.05, 3.63) is 23.8 Å². The fourth-order valence-electron chi connectivity index (χ4n) is 1.91. The molecule has 0 spiro atoms. The van der Waals surface area contributed by atoms with Crippen LogP contribution in [0.2, 0.25) is 0 Å². The number of hydrogen-bond acceptors (Lipinski definition) is 7. The number of hydrogen-bond donors (Lipinski definition) is 5. The quantitative estimate of drug-likeness (QED) is 0.354. The lowest BCUT2D eigenvalue weighted by atomic mass is 10.2. The largest absolute Gasteiger partial charge is 0.493 e. The van der Waals surface area contributed by atoms with Crippen molar-refractivity contribution in [3.63, 3.8) is 0 Å². The highest BCUT2D eigenvalue weighted by molar-refractivity contribution is 7.58. The van der Waals surface area contributed by atoms with Crippen molar-refractivity contribution in [3.8, 4) is 11.5 Å². The molecule has 0 aliphatic rings. The monoisotopic (exact) mass is 377 g/mol. The Bertz CT molecular complexity index is 678. The summed E-state index contributed by atoms with van der Waals surface area (Å²) in [5.74, 6) is -4.13. The summed E-state index contributed by atoms with van der Waals surface area (Å²) in [5, 5.41) is 27.4. The van der Waals surface area contributed by atoms with Crippen LogP contribution >= 0.6 is 7.37 Å². The van der Waals surface area contributed by atoms with Crippen LogP contribution in [0.3, 0.4) is 0 Å². The van der Waals surface area contributed by atoms with Crippen LogP contribution < -0.4 is 15.2 Å². The van der Waals surface area contributed by atoms with E-state index in [0.717, 1.165) is 0 Å². The third-order valence-corrected chi connectivity index (χ3v) is 5.26. The second-order valence-electron chi connectivity index (χ2n) is 5.18. The molecular weight excluding hydrogens is 357 g/mol. The average molecular weight is 377 g/mol. The number of rotatable bonds is 10. The molecule has 0 bridgehead atoms. The highest BCUT2D eigenvalue weighted by Gasteiger charge is 2.32. The predicted molar refractivity (Wildman–Crippen MR) is 86.0 cm³/mol. The van der Waals surface area contributed by atoms with Gasteiger partial charge in [-0.2, -0.15) is 0 Å². The highest BCUT2D eigenvalue weighted by atomic mass is 31.2. The van der Waals surface area contributed by atoms with Crippen molar-refractivity contribution in [2.45, 2.75) is 18.3 Å². The Morgan fingerprint density at radius 3 is 2.44 bits per heavy atom. The maximum absolute atomic E-state index is 12.2. The molecule has 0 saturated heterocycles. The summed E-state index contributed by atoms with van der Waals surface area (Å²) in [6.07, 6.45) is -0.766. The number of nitrogens with two attached hydrogens (primary N) is 1. The zero-order valence-corrected chi connectivity index (χ0v) is 14.3. The summed E-state index contributed by atoms with van der Waals surface area (Å²) in [5.41, 5.74) is 5.32. The number of carbonyl (C=O) groups is 2. The number of aliphatic hydroxyl groups is 1. The third-order valence-electron chi connectivity index (χ3n) is 3.30. The van der Waals surface area contributed by atoms with Crippen molar-refractivity contribution < 1.29 is 43.8 Å². The van der Waals surface area contributed by atoms with Gasteiger partial charge in [0, 0.05) is 6.16 Å². The molecule has 25 heavy (non-hydrogen) atoms. The molecule has 11 heteroatoms. The zero-order chi connectivity index (χ0) is 19.2. The molecule has 0 fully saturated rings. The Balaban J connectivity index is 2.92. The van der Waals surface area contributed by atoms with Gasteiger partial charge in [-0.1, -0.05) is 6.07 Å². The zero-order valence-electron chi connectivity index (χ0n) is 13.4. The third kappa shape index (κ3) is 6.02. The van der Waals surface area contributed by atoms with Gasteiger partial charge in [0.15, 0.2) is 24.0 Å². The van der Waals surface area contributed by atoms with Crippen LogP contribution in [0.4, 0.5) is 0 Å². The van der Waals surface area contributed by atoms with Gasteiger partial charge in [-0.25, -0.2) is 4.79 Å². The van der Waals surface area contributed by atoms with Crippen LogP contribution in [-0.4, -0.2) is 58.1 Å². The van der Waals surface area contributed by atoms with Crippen molar-refractivity contribution in [2.75, 3.05) is 19.9 Å². The first-order valence-corrected chi connectivity index (χ1v) is 9.00. The topological polar surface area (TPSA) is 177 Å². The minimum atomic E-state index is -4.15. The van der Waals surface area contributed by atoms with Gasteiger partial charge in [-0.05, 0) is 24.1 Å². The number of aliphatic hydroxyl groups excluding tert-OH is 1. The number of carboxylic acids is 2. The molecule has 0 aliphatic heterocycles. The van der Waals surface area contributed by atoms with E-state index >= 15 is 0 Å². The van der Waals surface area contributed by atoms with E-state index in [1.807, 2.05) is 0 Å². The molecule has 140 valence electrons. The van der Waals surface area contributed by atoms with E-state index in [0.29, 0.717) is 0 Å². The first-order chi connectivity index (χ1) is 11.6. The van der Waals surface area contributed by atoms with Crippen LogP contribution in [0.25, 0.3) is 0 Å². The molecule has 0 radical (unpaired) electrons. The van der Waals surface area contributed by atoms with Crippen molar-refractivity contribution >= 4 is 19.3 Å². The van der Waals surface area contributed by atoms with Crippen LogP contribution in [0.15, 0.2) is 18.2 Å². The Labute approximate surface area is 143 Å². The van der Waals surface area contributed by atoms with Gasteiger partial charge in [0.1, 0.15) is 6.04 Å². The van der Waals surface area contributed by atoms with E-state index in [4.69, 9.17) is 25.4 Å². The minimum absolute atomic E-state index is 0.0363. The summed E-state index contributed by atoms with van der Waals surface area (Å²) in [6.45, 7) is -0.607. The second-order valence-corrected chi connectivity index (χ2v) is 7.63. The SMILES string of the molecule is COc1cc(C(O)P(=O)(O)CC[C@@H](N)C(=O)O)ccc1OCC(=O)O. The molecule has 1 rings (SSSR count). The van der Waals surface area contributed by atoms with E-state index < -0.39 is 44.0 Å². The smallest absolute Gasteiger partial charge is 0.341 e. The maximum atomic E-state index is 12.2. The summed E-state index contributed by atoms with van der Waals surface area (Å²) in [6, 6.07) is 2.50.